The van der Waals surface area contributed by atoms with Crippen LogP contribution in [0.3, 0.4) is 0 Å². The van der Waals surface area contributed by atoms with Crippen LogP contribution in [0.2, 0.25) is 0 Å². The van der Waals surface area contributed by atoms with Gasteiger partial charge in [0.25, 0.3) is 5.91 Å². The number of fused-ring (bicyclic) bond motifs is 2. The number of nitrogens with two attached hydrogens (primary N) is 1. The first-order valence-corrected chi connectivity index (χ1v) is 8.59. The lowest BCUT2D eigenvalue weighted by molar-refractivity contribution is -0.136. The SMILES string of the molecule is Nc1nc(C(=O)NCc2cccc3cccnc23)c2cccc(C(F)(F)F)c2n1. The molecular formula is C20H14F3N5O. The number of aromatic nitrogens is 3. The van der Waals surface area contributed by atoms with Crippen molar-refractivity contribution >= 4 is 33.7 Å². The van der Waals surface area contributed by atoms with Crippen LogP contribution >= 0.6 is 0 Å². The van der Waals surface area contributed by atoms with E-state index in [9.17, 15) is 18.0 Å². The molecular weight excluding hydrogens is 383 g/mol. The second-order valence-corrected chi connectivity index (χ2v) is 6.30. The summed E-state index contributed by atoms with van der Waals surface area (Å²) >= 11 is 0. The monoisotopic (exact) mass is 397 g/mol. The Morgan fingerprint density at radius 1 is 1.00 bits per heavy atom. The average molecular weight is 397 g/mol. The van der Waals surface area contributed by atoms with Crippen molar-refractivity contribution in [2.45, 2.75) is 12.7 Å². The summed E-state index contributed by atoms with van der Waals surface area (Å²) in [4.78, 5) is 24.6. The number of carbonyl (C=O) groups excluding carboxylic acids is 1. The van der Waals surface area contributed by atoms with Crippen LogP contribution in [0.4, 0.5) is 19.1 Å². The van der Waals surface area contributed by atoms with Gasteiger partial charge in [-0.15, -0.1) is 0 Å². The molecule has 4 aromatic rings. The topological polar surface area (TPSA) is 93.8 Å². The minimum absolute atomic E-state index is 0.0254. The molecule has 0 saturated heterocycles. The second kappa shape index (κ2) is 7.01. The van der Waals surface area contributed by atoms with Crippen LogP contribution in [0.15, 0.2) is 54.7 Å². The van der Waals surface area contributed by atoms with E-state index in [0.29, 0.717) is 0 Å². The molecule has 1 amide bonds. The number of amides is 1. The number of nitrogens with zero attached hydrogens (tertiary/aromatic N) is 3. The zero-order valence-electron chi connectivity index (χ0n) is 14.9. The van der Waals surface area contributed by atoms with Gasteiger partial charge >= 0.3 is 6.18 Å². The fraction of sp³-hybridized carbons (Fsp3) is 0.100. The number of carbonyl (C=O) groups is 1. The summed E-state index contributed by atoms with van der Waals surface area (Å²) in [7, 11) is 0. The van der Waals surface area contributed by atoms with E-state index in [2.05, 4.69) is 20.3 Å². The number of anilines is 1. The summed E-state index contributed by atoms with van der Waals surface area (Å²) in [6.45, 7) is 0.123. The van der Waals surface area contributed by atoms with Crippen molar-refractivity contribution in [1.82, 2.24) is 20.3 Å². The third-order valence-electron chi connectivity index (χ3n) is 4.42. The molecule has 2 aromatic heterocycles. The summed E-state index contributed by atoms with van der Waals surface area (Å²) in [5, 5.41) is 3.56. The van der Waals surface area contributed by atoms with E-state index in [1.807, 2.05) is 24.3 Å². The van der Waals surface area contributed by atoms with E-state index in [1.165, 1.54) is 12.1 Å². The fourth-order valence-electron chi connectivity index (χ4n) is 3.14. The smallest absolute Gasteiger partial charge is 0.368 e. The first kappa shape index (κ1) is 18.6. The minimum atomic E-state index is -4.64. The lowest BCUT2D eigenvalue weighted by Crippen LogP contribution is -2.25. The Bertz CT molecular complexity index is 1230. The molecule has 3 N–H and O–H groups in total. The van der Waals surface area contributed by atoms with Gasteiger partial charge in [-0.2, -0.15) is 13.2 Å². The van der Waals surface area contributed by atoms with Crippen molar-refractivity contribution in [3.05, 3.63) is 71.5 Å². The maximum absolute atomic E-state index is 13.3. The molecule has 0 spiro atoms. The zero-order valence-corrected chi connectivity index (χ0v) is 14.9. The highest BCUT2D eigenvalue weighted by Crippen LogP contribution is 2.34. The average Bonchev–Trinajstić information content (AvgIpc) is 2.70. The number of hydrogen-bond donors (Lipinski definition) is 2. The predicted octanol–water partition coefficient (Wildman–Crippen LogP) is 3.71. The predicted molar refractivity (Wildman–Crippen MR) is 102 cm³/mol. The van der Waals surface area contributed by atoms with E-state index < -0.39 is 29.1 Å². The number of hydrogen-bond acceptors (Lipinski definition) is 5. The maximum Gasteiger partial charge on any atom is 0.418 e. The lowest BCUT2D eigenvalue weighted by Gasteiger charge is -2.13. The van der Waals surface area contributed by atoms with Crippen molar-refractivity contribution in [1.29, 1.82) is 0 Å². The molecule has 0 fully saturated rings. The molecule has 6 nitrogen and oxygen atoms in total. The van der Waals surface area contributed by atoms with Crippen LogP contribution < -0.4 is 11.1 Å². The van der Waals surface area contributed by atoms with Gasteiger partial charge in [0.15, 0.2) is 0 Å². The van der Waals surface area contributed by atoms with Crippen LogP contribution in [-0.4, -0.2) is 20.9 Å². The van der Waals surface area contributed by atoms with Crippen LogP contribution in [0, 0.1) is 0 Å². The highest BCUT2D eigenvalue weighted by atomic mass is 19.4. The van der Waals surface area contributed by atoms with Crippen molar-refractivity contribution in [2.75, 3.05) is 5.73 Å². The molecule has 0 aliphatic rings. The number of rotatable bonds is 3. The Morgan fingerprint density at radius 2 is 1.76 bits per heavy atom. The number of nitrogens with one attached hydrogen (secondary N) is 1. The first-order valence-electron chi connectivity index (χ1n) is 8.59. The zero-order chi connectivity index (χ0) is 20.6. The van der Waals surface area contributed by atoms with Gasteiger partial charge in [0.2, 0.25) is 5.95 Å². The van der Waals surface area contributed by atoms with E-state index in [1.54, 1.807) is 12.3 Å². The van der Waals surface area contributed by atoms with E-state index in [-0.39, 0.29) is 17.6 Å². The third kappa shape index (κ3) is 3.54. The molecule has 0 radical (unpaired) electrons. The van der Waals surface area contributed by atoms with Crippen LogP contribution in [-0.2, 0) is 12.7 Å². The highest BCUT2D eigenvalue weighted by Gasteiger charge is 2.34. The molecule has 9 heteroatoms. The lowest BCUT2D eigenvalue weighted by atomic mass is 10.1. The number of alkyl halides is 3. The number of halogens is 3. The fourth-order valence-corrected chi connectivity index (χ4v) is 3.14. The summed E-state index contributed by atoms with van der Waals surface area (Å²) < 4.78 is 39.9. The van der Waals surface area contributed by atoms with Gasteiger partial charge in [-0.1, -0.05) is 36.4 Å². The van der Waals surface area contributed by atoms with E-state index in [4.69, 9.17) is 5.73 Å². The third-order valence-corrected chi connectivity index (χ3v) is 4.42. The largest absolute Gasteiger partial charge is 0.418 e. The number of benzene rings is 2. The van der Waals surface area contributed by atoms with E-state index in [0.717, 1.165) is 22.5 Å². The molecule has 0 aliphatic heterocycles. The summed E-state index contributed by atoms with van der Waals surface area (Å²) in [6.07, 6.45) is -2.99. The Morgan fingerprint density at radius 3 is 2.55 bits per heavy atom. The van der Waals surface area contributed by atoms with Crippen LogP contribution in [0.25, 0.3) is 21.8 Å². The van der Waals surface area contributed by atoms with Gasteiger partial charge in [-0.25, -0.2) is 9.97 Å². The van der Waals surface area contributed by atoms with Crippen molar-refractivity contribution < 1.29 is 18.0 Å². The van der Waals surface area contributed by atoms with Gasteiger partial charge < -0.3 is 11.1 Å². The van der Waals surface area contributed by atoms with Gasteiger partial charge in [0.05, 0.1) is 16.6 Å². The van der Waals surface area contributed by atoms with Crippen molar-refractivity contribution in [3.8, 4) is 0 Å². The van der Waals surface area contributed by atoms with Gasteiger partial charge in [0.1, 0.15) is 5.69 Å². The maximum atomic E-state index is 13.3. The standard InChI is InChI=1S/C20H14F3N5O/c21-20(22,23)14-8-2-7-13-16(14)27-19(24)28-17(13)18(29)26-10-12-5-1-4-11-6-3-9-25-15(11)12/h1-9H,10H2,(H,26,29)(H2,24,27,28). The minimum Gasteiger partial charge on any atom is -0.368 e. The Balaban J connectivity index is 1.70. The summed E-state index contributed by atoms with van der Waals surface area (Å²) in [5.74, 6) is -1.07. The molecule has 0 bridgehead atoms. The van der Waals surface area contributed by atoms with Crippen molar-refractivity contribution in [2.24, 2.45) is 0 Å². The summed E-state index contributed by atoms with van der Waals surface area (Å²) in [5.41, 5.74) is 5.46. The molecule has 4 rings (SSSR count). The first-order chi connectivity index (χ1) is 13.8. The number of nitrogen functional groups attached to an aromatic ring is 1. The second-order valence-electron chi connectivity index (χ2n) is 6.30. The van der Waals surface area contributed by atoms with Crippen molar-refractivity contribution in [3.63, 3.8) is 0 Å². The molecule has 0 aliphatic carbocycles. The quantitative estimate of drug-likeness (QED) is 0.550. The normalized spacial score (nSPS) is 11.7. The molecule has 2 aromatic carbocycles. The van der Waals surface area contributed by atoms with E-state index >= 15 is 0 Å². The number of pyridine rings is 1. The molecule has 0 saturated carbocycles. The molecule has 0 unspecified atom stereocenters. The Labute approximate surface area is 162 Å². The Kier molecular flexibility index (Phi) is 4.50. The van der Waals surface area contributed by atoms with Crippen LogP contribution in [0.5, 0.6) is 0 Å². The molecule has 2 heterocycles. The number of para-hydroxylation sites is 2. The summed E-state index contributed by atoms with van der Waals surface area (Å²) in [6, 6.07) is 12.7. The van der Waals surface area contributed by atoms with Gasteiger partial charge in [-0.3, -0.25) is 9.78 Å². The highest BCUT2D eigenvalue weighted by molar-refractivity contribution is 6.05. The molecule has 0 atom stereocenters. The Hall–Kier alpha value is -3.75. The van der Waals surface area contributed by atoms with Gasteiger partial charge in [0, 0.05) is 23.5 Å². The molecule has 29 heavy (non-hydrogen) atoms. The van der Waals surface area contributed by atoms with Gasteiger partial charge in [-0.05, 0) is 17.7 Å². The van der Waals surface area contributed by atoms with Crippen LogP contribution in [0.1, 0.15) is 21.6 Å². The molecule has 146 valence electrons.